The van der Waals surface area contributed by atoms with Crippen molar-refractivity contribution in [2.45, 2.75) is 50.3 Å². The highest BCUT2D eigenvalue weighted by Gasteiger charge is 2.37. The Bertz CT molecular complexity index is 1450. The standard InChI is InChI=1S/C27H31N3O6S2/c1-2-5-22(32)19-7-3-6-17(14-19)18-8-11-23-21(15-18)30-27(37-23)25(38(35,36)13-4-12-31)26(34)28-16-24(33)29-20-9-10-20/h3,6-8,11,14-15,20,25,31H,2,4-5,9-10,12-13,16H2,1H3,(H,28,34)(H,29,33). The van der Waals surface area contributed by atoms with E-state index in [1.54, 1.807) is 12.1 Å². The first-order valence-electron chi connectivity index (χ1n) is 12.7. The summed E-state index contributed by atoms with van der Waals surface area (Å²) in [5.41, 5.74) is 2.78. The number of aromatic nitrogens is 1. The fourth-order valence-electron chi connectivity index (χ4n) is 4.06. The van der Waals surface area contributed by atoms with Crippen LogP contribution < -0.4 is 10.6 Å². The Morgan fingerprint density at radius 3 is 2.61 bits per heavy atom. The van der Waals surface area contributed by atoms with Gasteiger partial charge in [0.25, 0.3) is 0 Å². The third-order valence-electron chi connectivity index (χ3n) is 6.17. The fraction of sp³-hybridized carbons (Fsp3) is 0.407. The normalized spacial score (nSPS) is 14.3. The lowest BCUT2D eigenvalue weighted by molar-refractivity contribution is -0.126. The van der Waals surface area contributed by atoms with Crippen molar-refractivity contribution >= 4 is 49.0 Å². The van der Waals surface area contributed by atoms with Gasteiger partial charge >= 0.3 is 0 Å². The molecular formula is C27H31N3O6S2. The van der Waals surface area contributed by atoms with Crippen molar-refractivity contribution in [1.29, 1.82) is 0 Å². The van der Waals surface area contributed by atoms with Gasteiger partial charge in [-0.25, -0.2) is 13.4 Å². The Labute approximate surface area is 225 Å². The van der Waals surface area contributed by atoms with Crippen LogP contribution in [-0.2, 0) is 19.4 Å². The molecule has 0 radical (unpaired) electrons. The lowest BCUT2D eigenvalue weighted by Gasteiger charge is -2.15. The van der Waals surface area contributed by atoms with Gasteiger partial charge in [-0.2, -0.15) is 0 Å². The van der Waals surface area contributed by atoms with Gasteiger partial charge in [-0.05, 0) is 55.0 Å². The molecule has 1 atom stereocenters. The van der Waals surface area contributed by atoms with Crippen LogP contribution in [0.1, 0.15) is 59.6 Å². The highest BCUT2D eigenvalue weighted by Crippen LogP contribution is 2.34. The number of aliphatic hydroxyl groups excluding tert-OH is 1. The van der Waals surface area contributed by atoms with Crippen molar-refractivity contribution in [2.24, 2.45) is 0 Å². The second-order valence-corrected chi connectivity index (χ2v) is 12.6. The number of rotatable bonds is 13. The molecule has 1 unspecified atom stereocenters. The van der Waals surface area contributed by atoms with E-state index in [9.17, 15) is 27.9 Å². The number of sulfone groups is 1. The number of ketones is 1. The zero-order chi connectivity index (χ0) is 27.3. The molecule has 0 bridgehead atoms. The van der Waals surface area contributed by atoms with Crippen LogP contribution in [0.15, 0.2) is 42.5 Å². The minimum Gasteiger partial charge on any atom is -0.396 e. The molecule has 11 heteroatoms. The summed E-state index contributed by atoms with van der Waals surface area (Å²) >= 11 is 1.10. The molecule has 1 aliphatic rings. The third kappa shape index (κ3) is 6.83. The maximum atomic E-state index is 13.1. The summed E-state index contributed by atoms with van der Waals surface area (Å²) < 4.78 is 27.0. The molecule has 3 N–H and O–H groups in total. The highest BCUT2D eigenvalue weighted by atomic mass is 32.2. The molecule has 38 heavy (non-hydrogen) atoms. The molecule has 3 aromatic rings. The predicted molar refractivity (Wildman–Crippen MR) is 147 cm³/mol. The molecule has 202 valence electrons. The van der Waals surface area contributed by atoms with Crippen LogP contribution in [0.5, 0.6) is 0 Å². The fourth-order valence-corrected chi connectivity index (χ4v) is 7.11. The maximum absolute atomic E-state index is 13.1. The first kappa shape index (κ1) is 27.9. The summed E-state index contributed by atoms with van der Waals surface area (Å²) in [7, 11) is -4.02. The van der Waals surface area contributed by atoms with Crippen LogP contribution in [0.2, 0.25) is 0 Å². The van der Waals surface area contributed by atoms with Gasteiger partial charge in [0.2, 0.25) is 11.8 Å². The van der Waals surface area contributed by atoms with Gasteiger partial charge in [-0.15, -0.1) is 11.3 Å². The number of hydrogen-bond acceptors (Lipinski definition) is 8. The number of amides is 2. The highest BCUT2D eigenvalue weighted by molar-refractivity contribution is 7.92. The predicted octanol–water partition coefficient (Wildman–Crippen LogP) is 3.18. The average Bonchev–Trinajstić information content (AvgIpc) is 3.61. The van der Waals surface area contributed by atoms with Crippen molar-refractivity contribution in [3.63, 3.8) is 0 Å². The van der Waals surface area contributed by atoms with Crippen molar-refractivity contribution in [3.8, 4) is 11.1 Å². The first-order chi connectivity index (χ1) is 18.2. The zero-order valence-electron chi connectivity index (χ0n) is 21.1. The summed E-state index contributed by atoms with van der Waals surface area (Å²) in [4.78, 5) is 42.0. The molecule has 4 rings (SSSR count). The molecule has 1 fully saturated rings. The van der Waals surface area contributed by atoms with E-state index >= 15 is 0 Å². The molecule has 0 saturated heterocycles. The Balaban J connectivity index is 1.62. The van der Waals surface area contributed by atoms with E-state index in [1.165, 1.54) is 0 Å². The van der Waals surface area contributed by atoms with Gasteiger partial charge in [-0.1, -0.05) is 31.2 Å². The number of carbonyl (C=O) groups is 3. The lowest BCUT2D eigenvalue weighted by Crippen LogP contribution is -2.41. The third-order valence-corrected chi connectivity index (χ3v) is 9.44. The number of fused-ring (bicyclic) bond motifs is 1. The summed E-state index contributed by atoms with van der Waals surface area (Å²) in [6.07, 6.45) is 3.00. The monoisotopic (exact) mass is 557 g/mol. The topological polar surface area (TPSA) is 143 Å². The Hall–Kier alpha value is -3.15. The SMILES string of the molecule is CCCC(=O)c1cccc(-c2ccc3sc(C(C(=O)NCC(=O)NC4CC4)S(=O)(=O)CCCO)nc3c2)c1. The number of benzene rings is 2. The van der Waals surface area contributed by atoms with Crippen molar-refractivity contribution in [3.05, 3.63) is 53.0 Å². The molecule has 2 amide bonds. The van der Waals surface area contributed by atoms with Crippen molar-refractivity contribution in [2.75, 3.05) is 18.9 Å². The van der Waals surface area contributed by atoms with Gasteiger partial charge in [0.15, 0.2) is 20.9 Å². The molecule has 0 spiro atoms. The van der Waals surface area contributed by atoms with E-state index in [4.69, 9.17) is 0 Å². The van der Waals surface area contributed by atoms with Gasteiger partial charge < -0.3 is 15.7 Å². The molecule has 1 aliphatic carbocycles. The molecule has 2 aromatic carbocycles. The van der Waals surface area contributed by atoms with Gasteiger partial charge in [0.05, 0.1) is 22.5 Å². The number of nitrogens with one attached hydrogen (secondary N) is 2. The minimum atomic E-state index is -4.02. The van der Waals surface area contributed by atoms with E-state index in [1.807, 2.05) is 37.3 Å². The lowest BCUT2D eigenvalue weighted by atomic mass is 9.99. The number of nitrogens with zero attached hydrogens (tertiary/aromatic N) is 1. The maximum Gasteiger partial charge on any atom is 0.245 e. The molecule has 0 aliphatic heterocycles. The van der Waals surface area contributed by atoms with Gasteiger partial charge in [-0.3, -0.25) is 14.4 Å². The smallest absolute Gasteiger partial charge is 0.245 e. The second-order valence-electron chi connectivity index (χ2n) is 9.37. The molecule has 1 saturated carbocycles. The zero-order valence-corrected chi connectivity index (χ0v) is 22.7. The Morgan fingerprint density at radius 2 is 1.89 bits per heavy atom. The van der Waals surface area contributed by atoms with Gasteiger partial charge in [0, 0.05) is 24.6 Å². The second kappa shape index (κ2) is 12.1. The van der Waals surface area contributed by atoms with Gasteiger partial charge in [0.1, 0.15) is 5.01 Å². The summed E-state index contributed by atoms with van der Waals surface area (Å²) in [6.45, 7) is 1.29. The molecular weight excluding hydrogens is 526 g/mol. The van der Waals surface area contributed by atoms with Crippen LogP contribution in [0.4, 0.5) is 0 Å². The largest absolute Gasteiger partial charge is 0.396 e. The van der Waals surface area contributed by atoms with Crippen molar-refractivity contribution in [1.82, 2.24) is 15.6 Å². The number of thiazole rings is 1. The molecule has 1 aromatic heterocycles. The van der Waals surface area contributed by atoms with E-state index in [0.29, 0.717) is 22.2 Å². The number of aliphatic hydroxyl groups is 1. The van der Waals surface area contributed by atoms with E-state index in [-0.39, 0.29) is 42.3 Å². The Morgan fingerprint density at radius 1 is 1.13 bits per heavy atom. The minimum absolute atomic E-state index is 0.0174. The molecule has 9 nitrogen and oxygen atoms in total. The van der Waals surface area contributed by atoms with Crippen LogP contribution >= 0.6 is 11.3 Å². The van der Waals surface area contributed by atoms with Crippen LogP contribution in [-0.4, -0.2) is 61.1 Å². The molecule has 1 heterocycles. The average molecular weight is 558 g/mol. The number of Topliss-reactive ketones (excluding diaryl/α,β-unsaturated/α-hetero) is 1. The number of carbonyl (C=O) groups excluding carboxylic acids is 3. The van der Waals surface area contributed by atoms with E-state index in [0.717, 1.165) is 41.7 Å². The first-order valence-corrected chi connectivity index (χ1v) is 15.2. The summed E-state index contributed by atoms with van der Waals surface area (Å²) in [6, 6.07) is 12.9. The quantitative estimate of drug-likeness (QED) is 0.274. The number of hydrogen-bond donors (Lipinski definition) is 3. The van der Waals surface area contributed by atoms with Crippen LogP contribution in [0.25, 0.3) is 21.3 Å². The van der Waals surface area contributed by atoms with E-state index in [2.05, 4.69) is 15.6 Å². The van der Waals surface area contributed by atoms with E-state index < -0.39 is 26.7 Å². The van der Waals surface area contributed by atoms with Crippen LogP contribution in [0.3, 0.4) is 0 Å². The van der Waals surface area contributed by atoms with Crippen molar-refractivity contribution < 1.29 is 27.9 Å². The summed E-state index contributed by atoms with van der Waals surface area (Å²) in [5.74, 6) is -1.52. The summed E-state index contributed by atoms with van der Waals surface area (Å²) in [5, 5.41) is 12.9. The Kier molecular flexibility index (Phi) is 8.91. The van der Waals surface area contributed by atoms with Crippen LogP contribution in [0, 0.1) is 0 Å².